The molecule has 10 nitrogen and oxygen atoms in total. The largest absolute Gasteiger partial charge is 0.495 e. The molecule has 0 bridgehead atoms. The van der Waals surface area contributed by atoms with Crippen molar-refractivity contribution < 1.29 is 32.2 Å². The van der Waals surface area contributed by atoms with E-state index in [-0.39, 0.29) is 45.6 Å². The average molecular weight is 713 g/mol. The number of rotatable bonds is 13. The van der Waals surface area contributed by atoms with Crippen LogP contribution in [-0.4, -0.2) is 65.1 Å². The molecule has 1 aliphatic carbocycles. The number of carbonyl (C=O) groups excluding carboxylic acids is 2. The van der Waals surface area contributed by atoms with Crippen LogP contribution in [0.25, 0.3) is 0 Å². The number of anilines is 1. The van der Waals surface area contributed by atoms with Crippen LogP contribution in [0.3, 0.4) is 0 Å². The fourth-order valence-electron chi connectivity index (χ4n) is 5.30. The Balaban J connectivity index is 1.80. The van der Waals surface area contributed by atoms with Gasteiger partial charge < -0.3 is 24.4 Å². The SMILES string of the molecule is COc1ccc(S(=O)(=O)N(CC(=O)N(Cc2c(Cl)cccc2Cl)[C@H](C)C(=O)NC2CCCC2)c2cc(Cl)ccc2OC)cc1OC. The summed E-state index contributed by atoms with van der Waals surface area (Å²) >= 11 is 19.3. The van der Waals surface area contributed by atoms with Crippen molar-refractivity contribution in [2.75, 3.05) is 32.2 Å². The van der Waals surface area contributed by atoms with Crippen molar-refractivity contribution in [3.8, 4) is 17.2 Å². The zero-order valence-electron chi connectivity index (χ0n) is 25.9. The van der Waals surface area contributed by atoms with Crippen molar-refractivity contribution in [2.45, 2.75) is 56.1 Å². The van der Waals surface area contributed by atoms with Gasteiger partial charge >= 0.3 is 0 Å². The van der Waals surface area contributed by atoms with E-state index in [4.69, 9.17) is 49.0 Å². The summed E-state index contributed by atoms with van der Waals surface area (Å²) in [4.78, 5) is 28.9. The first-order valence-corrected chi connectivity index (χ1v) is 17.1. The number of sulfonamides is 1. The van der Waals surface area contributed by atoms with Gasteiger partial charge in [0, 0.05) is 39.3 Å². The molecular formula is C32H36Cl3N3O7S. The number of benzene rings is 3. The molecule has 0 spiro atoms. The van der Waals surface area contributed by atoms with Crippen LogP contribution < -0.4 is 23.8 Å². The highest BCUT2D eigenvalue weighted by Gasteiger charge is 2.35. The zero-order valence-corrected chi connectivity index (χ0v) is 29.0. The van der Waals surface area contributed by atoms with E-state index in [0.29, 0.717) is 21.4 Å². The summed E-state index contributed by atoms with van der Waals surface area (Å²) in [5.41, 5.74) is 0.422. The monoisotopic (exact) mass is 711 g/mol. The maximum atomic E-state index is 14.4. The van der Waals surface area contributed by atoms with Crippen LogP contribution in [0.4, 0.5) is 5.69 Å². The van der Waals surface area contributed by atoms with E-state index >= 15 is 0 Å². The van der Waals surface area contributed by atoms with E-state index in [9.17, 15) is 18.0 Å². The first-order chi connectivity index (χ1) is 21.9. The minimum Gasteiger partial charge on any atom is -0.495 e. The number of nitrogens with one attached hydrogen (secondary N) is 1. The number of methoxy groups -OCH3 is 3. The van der Waals surface area contributed by atoms with Crippen molar-refractivity contribution in [1.82, 2.24) is 10.2 Å². The number of halogens is 3. The van der Waals surface area contributed by atoms with Crippen LogP contribution in [0.5, 0.6) is 17.2 Å². The summed E-state index contributed by atoms with van der Waals surface area (Å²) < 4.78 is 45.8. The lowest BCUT2D eigenvalue weighted by molar-refractivity contribution is -0.139. The van der Waals surface area contributed by atoms with Crippen LogP contribution in [0.1, 0.15) is 38.2 Å². The van der Waals surface area contributed by atoms with E-state index in [1.807, 2.05) is 0 Å². The maximum Gasteiger partial charge on any atom is 0.265 e. The Morgan fingerprint density at radius 2 is 1.50 bits per heavy atom. The molecule has 0 heterocycles. The molecule has 14 heteroatoms. The van der Waals surface area contributed by atoms with E-state index in [0.717, 1.165) is 30.0 Å². The van der Waals surface area contributed by atoms with Gasteiger partial charge in [-0.25, -0.2) is 8.42 Å². The zero-order chi connectivity index (χ0) is 33.6. The van der Waals surface area contributed by atoms with Gasteiger partial charge in [-0.15, -0.1) is 0 Å². The Bertz CT molecular complexity index is 1660. The molecule has 3 aromatic carbocycles. The molecule has 1 saturated carbocycles. The van der Waals surface area contributed by atoms with Gasteiger partial charge in [0.25, 0.3) is 10.0 Å². The molecular weight excluding hydrogens is 677 g/mol. The minimum atomic E-state index is -4.48. The number of hydrogen-bond acceptors (Lipinski definition) is 7. The average Bonchev–Trinajstić information content (AvgIpc) is 3.55. The van der Waals surface area contributed by atoms with Gasteiger partial charge in [0.05, 0.1) is 31.9 Å². The second-order valence-corrected chi connectivity index (χ2v) is 13.8. The Morgan fingerprint density at radius 3 is 2.11 bits per heavy atom. The fraction of sp³-hybridized carbons (Fsp3) is 0.375. The normalized spacial score (nSPS) is 14.0. The second-order valence-electron chi connectivity index (χ2n) is 10.7. The summed E-state index contributed by atoms with van der Waals surface area (Å²) in [5.74, 6) is -0.447. The highest BCUT2D eigenvalue weighted by molar-refractivity contribution is 7.92. The van der Waals surface area contributed by atoms with Crippen molar-refractivity contribution in [3.05, 3.63) is 75.2 Å². The lowest BCUT2D eigenvalue weighted by Gasteiger charge is -2.33. The number of hydrogen-bond donors (Lipinski definition) is 1. The number of ether oxygens (including phenoxy) is 3. The molecule has 4 rings (SSSR count). The summed E-state index contributed by atoms with van der Waals surface area (Å²) in [7, 11) is -0.304. The molecule has 3 aromatic rings. The second kappa shape index (κ2) is 15.5. The predicted octanol–water partition coefficient (Wildman–Crippen LogP) is 6.34. The molecule has 1 fully saturated rings. The molecule has 2 amide bonds. The highest BCUT2D eigenvalue weighted by Crippen LogP contribution is 2.37. The molecule has 0 aromatic heterocycles. The molecule has 1 atom stereocenters. The third kappa shape index (κ3) is 7.94. The number of amides is 2. The predicted molar refractivity (Wildman–Crippen MR) is 179 cm³/mol. The summed E-state index contributed by atoms with van der Waals surface area (Å²) in [6.07, 6.45) is 3.69. The van der Waals surface area contributed by atoms with Crippen molar-refractivity contribution in [1.29, 1.82) is 0 Å². The highest BCUT2D eigenvalue weighted by atomic mass is 35.5. The molecule has 0 radical (unpaired) electrons. The van der Waals surface area contributed by atoms with Crippen molar-refractivity contribution >= 4 is 62.3 Å². The van der Waals surface area contributed by atoms with Crippen LogP contribution in [0.2, 0.25) is 15.1 Å². The van der Waals surface area contributed by atoms with Gasteiger partial charge in [-0.3, -0.25) is 13.9 Å². The lowest BCUT2D eigenvalue weighted by atomic mass is 10.1. The molecule has 0 saturated heterocycles. The topological polar surface area (TPSA) is 114 Å². The quantitative estimate of drug-likeness (QED) is 0.220. The standard InChI is InChI=1S/C32H36Cl3N3O7S/c1-20(32(40)36-22-8-5-6-9-22)37(18-24-25(34)10-7-11-26(24)35)31(39)19-38(27-16-21(33)12-14-28(27)43-2)46(41,42)23-13-15-29(44-3)30(17-23)45-4/h7,10-17,20,22H,5-6,8-9,18-19H2,1-4H3,(H,36,40)/t20-/m1/s1. The van der Waals surface area contributed by atoms with E-state index < -0.39 is 28.5 Å². The maximum absolute atomic E-state index is 14.4. The molecule has 0 unspecified atom stereocenters. The molecule has 46 heavy (non-hydrogen) atoms. The molecule has 1 N–H and O–H groups in total. The molecule has 0 aliphatic heterocycles. The van der Waals surface area contributed by atoms with Crippen LogP contribution in [0.15, 0.2) is 59.5 Å². The van der Waals surface area contributed by atoms with Gasteiger partial charge in [-0.2, -0.15) is 0 Å². The fourth-order valence-corrected chi connectivity index (χ4v) is 7.42. The Hall–Kier alpha value is -3.38. The van der Waals surface area contributed by atoms with Crippen LogP contribution in [-0.2, 0) is 26.2 Å². The van der Waals surface area contributed by atoms with Gasteiger partial charge in [0.1, 0.15) is 18.3 Å². The first kappa shape index (κ1) is 35.5. The van der Waals surface area contributed by atoms with Gasteiger partial charge in [-0.1, -0.05) is 53.7 Å². The number of carbonyl (C=O) groups is 2. The van der Waals surface area contributed by atoms with E-state index in [1.165, 1.54) is 62.6 Å². The van der Waals surface area contributed by atoms with Gasteiger partial charge in [0.15, 0.2) is 11.5 Å². The summed E-state index contributed by atoms with van der Waals surface area (Å²) in [6, 6.07) is 12.4. The Labute approximate surface area is 284 Å². The first-order valence-electron chi connectivity index (χ1n) is 14.5. The van der Waals surface area contributed by atoms with Gasteiger partial charge in [-0.05, 0) is 62.2 Å². The molecule has 248 valence electrons. The lowest BCUT2D eigenvalue weighted by Crippen LogP contribution is -2.52. The minimum absolute atomic E-state index is 0.00606. The molecule has 1 aliphatic rings. The summed E-state index contributed by atoms with van der Waals surface area (Å²) in [5, 5.41) is 3.82. The Kier molecular flexibility index (Phi) is 11.9. The van der Waals surface area contributed by atoms with Crippen LogP contribution in [0, 0.1) is 0 Å². The van der Waals surface area contributed by atoms with E-state index in [2.05, 4.69) is 5.32 Å². The summed E-state index contributed by atoms with van der Waals surface area (Å²) in [6.45, 7) is 0.699. The smallest absolute Gasteiger partial charge is 0.265 e. The van der Waals surface area contributed by atoms with E-state index in [1.54, 1.807) is 25.1 Å². The van der Waals surface area contributed by atoms with Crippen molar-refractivity contribution in [3.63, 3.8) is 0 Å². The Morgan fingerprint density at radius 1 is 0.891 bits per heavy atom. The van der Waals surface area contributed by atoms with Crippen LogP contribution >= 0.6 is 34.8 Å². The third-order valence-corrected chi connectivity index (χ3v) is 10.6. The van der Waals surface area contributed by atoms with Gasteiger partial charge in [0.2, 0.25) is 11.8 Å². The number of nitrogens with zero attached hydrogens (tertiary/aromatic N) is 2. The van der Waals surface area contributed by atoms with Crippen molar-refractivity contribution in [2.24, 2.45) is 0 Å². The third-order valence-electron chi connectivity index (χ3n) is 7.89.